The van der Waals surface area contributed by atoms with Crippen LogP contribution in [0.4, 0.5) is 0 Å². The van der Waals surface area contributed by atoms with E-state index in [2.05, 4.69) is 20.9 Å². The number of pyridine rings is 2. The second kappa shape index (κ2) is 10.3. The molecule has 7 heteroatoms. The summed E-state index contributed by atoms with van der Waals surface area (Å²) in [5.74, 6) is 1.84. The Hall–Kier alpha value is -3.74. The molecule has 0 spiro atoms. The second-order valence-corrected chi connectivity index (χ2v) is 10.7. The largest absolute Gasteiger partial charge is 0.508 e. The minimum absolute atomic E-state index is 0.137. The molecule has 0 radical (unpaired) electrons. The average molecular weight is 496 g/mol. The van der Waals surface area contributed by atoms with Crippen molar-refractivity contribution in [1.29, 1.82) is 0 Å². The molecule has 6 rings (SSSR count). The minimum atomic E-state index is 0.137. The molecule has 0 bridgehead atoms. The van der Waals surface area contributed by atoms with Gasteiger partial charge in [-0.1, -0.05) is 12.1 Å². The van der Waals surface area contributed by atoms with Crippen molar-refractivity contribution in [3.8, 4) is 11.4 Å². The van der Waals surface area contributed by atoms with Crippen molar-refractivity contribution in [2.45, 2.75) is 57.3 Å². The van der Waals surface area contributed by atoms with Crippen LogP contribution in [0.1, 0.15) is 61.4 Å². The molecule has 1 saturated carbocycles. The van der Waals surface area contributed by atoms with Crippen LogP contribution in [0, 0.1) is 11.8 Å². The monoisotopic (exact) mass is 495 g/mol. The number of rotatable bonds is 6. The Kier molecular flexibility index (Phi) is 6.60. The molecule has 4 heterocycles. The van der Waals surface area contributed by atoms with Crippen LogP contribution in [-0.2, 0) is 17.6 Å². The van der Waals surface area contributed by atoms with Crippen molar-refractivity contribution in [2.75, 3.05) is 6.54 Å². The van der Waals surface area contributed by atoms with Gasteiger partial charge in [-0.05, 0) is 92.7 Å². The van der Waals surface area contributed by atoms with Gasteiger partial charge in [0.1, 0.15) is 17.6 Å². The molecule has 1 atom stereocenters. The number of nitrogens with one attached hydrogen (secondary N) is 1. The third kappa shape index (κ3) is 5.22. The number of piperidine rings is 1. The van der Waals surface area contributed by atoms with E-state index in [4.69, 9.17) is 9.97 Å². The summed E-state index contributed by atoms with van der Waals surface area (Å²) < 4.78 is 2.13. The van der Waals surface area contributed by atoms with E-state index < -0.39 is 0 Å². The third-order valence-corrected chi connectivity index (χ3v) is 8.12. The Labute approximate surface area is 217 Å². The molecule has 3 aromatic heterocycles. The van der Waals surface area contributed by atoms with Gasteiger partial charge in [0.05, 0.1) is 16.9 Å². The summed E-state index contributed by atoms with van der Waals surface area (Å²) in [5.41, 5.74) is 6.52. The quantitative estimate of drug-likeness (QED) is 0.388. The molecule has 1 aromatic carbocycles. The summed E-state index contributed by atoms with van der Waals surface area (Å²) in [5, 5.41) is 12.5. The molecule has 1 aliphatic heterocycles. The lowest BCUT2D eigenvalue weighted by Crippen LogP contribution is -2.34. The lowest BCUT2D eigenvalue weighted by molar-refractivity contribution is -0.123. The Balaban J connectivity index is 1.27. The molecule has 1 aliphatic carbocycles. The maximum atomic E-state index is 12.0. The molecular formula is C30H33N5O2. The summed E-state index contributed by atoms with van der Waals surface area (Å²) in [6.07, 6.45) is 13.5. The summed E-state index contributed by atoms with van der Waals surface area (Å²) in [6.45, 7) is 0.739. The van der Waals surface area contributed by atoms with Crippen molar-refractivity contribution >= 4 is 16.9 Å². The molecule has 37 heavy (non-hydrogen) atoms. The van der Waals surface area contributed by atoms with Crippen molar-refractivity contribution in [3.05, 3.63) is 78.1 Å². The second-order valence-electron chi connectivity index (χ2n) is 10.7. The zero-order valence-corrected chi connectivity index (χ0v) is 21.0. The number of aromatic nitrogens is 4. The van der Waals surface area contributed by atoms with Crippen LogP contribution >= 0.6 is 0 Å². The van der Waals surface area contributed by atoms with E-state index in [1.807, 2.05) is 30.6 Å². The van der Waals surface area contributed by atoms with Crippen LogP contribution in [0.25, 0.3) is 16.7 Å². The Morgan fingerprint density at radius 3 is 2.49 bits per heavy atom. The third-order valence-electron chi connectivity index (χ3n) is 8.12. The van der Waals surface area contributed by atoms with Gasteiger partial charge in [-0.2, -0.15) is 0 Å². The maximum Gasteiger partial charge on any atom is 0.220 e. The number of amides is 1. The number of carbonyl (C=O) groups excluding carboxylic acids is 1. The van der Waals surface area contributed by atoms with E-state index in [-0.39, 0.29) is 5.91 Å². The van der Waals surface area contributed by atoms with Crippen molar-refractivity contribution in [3.63, 3.8) is 0 Å². The maximum absolute atomic E-state index is 12.0. The summed E-state index contributed by atoms with van der Waals surface area (Å²) >= 11 is 0. The number of fused-ring (bicyclic) bond motifs is 1. The number of aromatic hydroxyl groups is 1. The highest BCUT2D eigenvalue weighted by Gasteiger charge is 2.27. The molecule has 2 aliphatic rings. The highest BCUT2D eigenvalue weighted by atomic mass is 16.3. The van der Waals surface area contributed by atoms with Gasteiger partial charge < -0.3 is 10.4 Å². The fourth-order valence-electron chi connectivity index (χ4n) is 6.09. The minimum Gasteiger partial charge on any atom is -0.508 e. The van der Waals surface area contributed by atoms with Gasteiger partial charge in [0.2, 0.25) is 5.91 Å². The number of benzene rings is 1. The zero-order valence-electron chi connectivity index (χ0n) is 21.0. The van der Waals surface area contributed by atoms with Gasteiger partial charge in [0, 0.05) is 37.0 Å². The Bertz CT molecular complexity index is 1370. The van der Waals surface area contributed by atoms with Gasteiger partial charge >= 0.3 is 0 Å². The van der Waals surface area contributed by atoms with Gasteiger partial charge in [-0.15, -0.1) is 0 Å². The SMILES string of the molecule is O=C1CC(Cc2nc(C3CCC(Cc4ccc(O)cc4)CC3)cc3c2ncn3-c2ccncc2)CCN1. The van der Waals surface area contributed by atoms with E-state index in [9.17, 15) is 9.90 Å². The highest BCUT2D eigenvalue weighted by molar-refractivity contribution is 5.80. The van der Waals surface area contributed by atoms with Gasteiger partial charge in [0.25, 0.3) is 0 Å². The summed E-state index contributed by atoms with van der Waals surface area (Å²) in [4.78, 5) is 26.2. The summed E-state index contributed by atoms with van der Waals surface area (Å²) in [7, 11) is 0. The Morgan fingerprint density at radius 1 is 0.946 bits per heavy atom. The van der Waals surface area contributed by atoms with Gasteiger partial charge in [-0.3, -0.25) is 19.3 Å². The molecule has 4 aromatic rings. The van der Waals surface area contributed by atoms with Crippen LogP contribution in [-0.4, -0.2) is 37.1 Å². The van der Waals surface area contributed by atoms with Crippen LogP contribution < -0.4 is 5.32 Å². The van der Waals surface area contributed by atoms with Gasteiger partial charge in [-0.25, -0.2) is 4.98 Å². The first kappa shape index (κ1) is 23.6. The lowest BCUT2D eigenvalue weighted by Gasteiger charge is -2.29. The van der Waals surface area contributed by atoms with Crippen LogP contribution in [0.3, 0.4) is 0 Å². The highest BCUT2D eigenvalue weighted by Crippen LogP contribution is 2.38. The molecule has 2 N–H and O–H groups in total. The molecule has 1 amide bonds. The number of phenols is 1. The van der Waals surface area contributed by atoms with E-state index in [1.54, 1.807) is 24.5 Å². The first-order valence-corrected chi connectivity index (χ1v) is 13.4. The van der Waals surface area contributed by atoms with E-state index in [0.717, 1.165) is 66.8 Å². The van der Waals surface area contributed by atoms with Crippen molar-refractivity contribution < 1.29 is 9.90 Å². The number of imidazole rings is 1. The van der Waals surface area contributed by atoms with E-state index >= 15 is 0 Å². The summed E-state index contributed by atoms with van der Waals surface area (Å²) in [6, 6.07) is 13.9. The van der Waals surface area contributed by atoms with Crippen LogP contribution in [0.5, 0.6) is 5.75 Å². The topological polar surface area (TPSA) is 92.9 Å². The Morgan fingerprint density at radius 2 is 1.73 bits per heavy atom. The fraction of sp³-hybridized carbons (Fsp3) is 0.400. The normalized spacial score (nSPS) is 22.2. The lowest BCUT2D eigenvalue weighted by atomic mass is 9.78. The molecule has 1 unspecified atom stereocenters. The van der Waals surface area contributed by atoms with Crippen molar-refractivity contribution in [2.24, 2.45) is 11.8 Å². The van der Waals surface area contributed by atoms with Crippen LogP contribution in [0.15, 0.2) is 61.2 Å². The number of hydrogen-bond acceptors (Lipinski definition) is 5. The fourth-order valence-corrected chi connectivity index (χ4v) is 6.09. The van der Waals surface area contributed by atoms with Crippen LogP contribution in [0.2, 0.25) is 0 Å². The predicted molar refractivity (Wildman–Crippen MR) is 143 cm³/mol. The average Bonchev–Trinajstić information content (AvgIpc) is 3.35. The molecule has 190 valence electrons. The number of phenolic OH excluding ortho intramolecular Hbond substituents is 1. The molecule has 7 nitrogen and oxygen atoms in total. The molecular weight excluding hydrogens is 462 g/mol. The smallest absolute Gasteiger partial charge is 0.220 e. The zero-order chi connectivity index (χ0) is 25.2. The van der Waals surface area contributed by atoms with Gasteiger partial charge in [0.15, 0.2) is 0 Å². The predicted octanol–water partition coefficient (Wildman–Crippen LogP) is 5.11. The first-order chi connectivity index (χ1) is 18.1. The van der Waals surface area contributed by atoms with E-state index in [0.29, 0.717) is 29.9 Å². The van der Waals surface area contributed by atoms with E-state index in [1.165, 1.54) is 18.4 Å². The molecule has 1 saturated heterocycles. The number of carbonyl (C=O) groups is 1. The molecule has 2 fully saturated rings. The van der Waals surface area contributed by atoms with Crippen molar-refractivity contribution in [1.82, 2.24) is 24.8 Å². The first-order valence-electron chi connectivity index (χ1n) is 13.4. The standard InChI is InChI=1S/C30H33N5O2/c36-25-7-3-21(4-8-25)15-20-1-5-23(6-2-20)26-18-28-30(33-19-35(28)24-10-12-31-13-11-24)27(34-26)16-22-9-14-32-29(37)17-22/h3-4,7-8,10-13,18-20,22-23,36H,1-2,5-6,9,14-17H2,(H,32,37). The number of hydrogen-bond donors (Lipinski definition) is 2. The number of nitrogens with zero attached hydrogens (tertiary/aromatic N) is 4.